The summed E-state index contributed by atoms with van der Waals surface area (Å²) in [4.78, 5) is 0. The van der Waals surface area contributed by atoms with Gasteiger partial charge in [-0.15, -0.1) is 0 Å². The molecule has 0 aliphatic heterocycles. The Bertz CT molecular complexity index is 536. The van der Waals surface area contributed by atoms with Gasteiger partial charge in [-0.3, -0.25) is 4.68 Å². The molecule has 1 aromatic carbocycles. The lowest BCUT2D eigenvalue weighted by Gasteiger charge is -2.11. The number of aliphatic hydroxyl groups excluding tert-OH is 1. The summed E-state index contributed by atoms with van der Waals surface area (Å²) < 4.78 is 2.79. The first-order valence-electron chi connectivity index (χ1n) is 6.05. The first-order chi connectivity index (χ1) is 8.61. The molecule has 1 heterocycles. The summed E-state index contributed by atoms with van der Waals surface area (Å²) in [5, 5.41) is 14.7. The molecule has 1 N–H and O–H groups in total. The second-order valence-electron chi connectivity index (χ2n) is 4.37. The number of hydrogen-bond donors (Lipinski definition) is 1. The Hall–Kier alpha value is -1.13. The number of halogens is 1. The number of aryl methyl sites for hydroxylation is 2. The normalized spacial score (nSPS) is 12.7. The van der Waals surface area contributed by atoms with E-state index in [2.05, 4.69) is 28.0 Å². The minimum absolute atomic E-state index is 0.507. The first-order valence-corrected chi connectivity index (χ1v) is 6.85. The van der Waals surface area contributed by atoms with Crippen LogP contribution in [-0.2, 0) is 19.9 Å². The topological polar surface area (TPSA) is 38.0 Å². The smallest absolute Gasteiger partial charge is 0.0863 e. The van der Waals surface area contributed by atoms with Crippen LogP contribution in [0.1, 0.15) is 29.8 Å². The van der Waals surface area contributed by atoms with E-state index in [-0.39, 0.29) is 0 Å². The van der Waals surface area contributed by atoms with E-state index in [9.17, 15) is 5.11 Å². The molecular weight excluding hydrogens is 292 g/mol. The molecule has 0 bridgehead atoms. The van der Waals surface area contributed by atoms with Crippen molar-refractivity contribution < 1.29 is 5.11 Å². The lowest BCUT2D eigenvalue weighted by molar-refractivity contribution is 0.177. The third kappa shape index (κ3) is 2.82. The molecule has 1 aromatic heterocycles. The molecular formula is C14H17BrN2O. The third-order valence-corrected chi connectivity index (χ3v) is 3.78. The Balaban J connectivity index is 2.21. The van der Waals surface area contributed by atoms with Gasteiger partial charge in [0.2, 0.25) is 0 Å². The number of benzene rings is 1. The maximum absolute atomic E-state index is 10.3. The standard InChI is InChI=1S/C14H17BrN2O/c1-3-13-11(9-17(2)16-13)14(18)8-10-6-4-5-7-12(10)15/h4-7,9,14,18H,3,8H2,1-2H3. The summed E-state index contributed by atoms with van der Waals surface area (Å²) in [7, 11) is 1.88. The molecule has 3 nitrogen and oxygen atoms in total. The Morgan fingerprint density at radius 1 is 1.39 bits per heavy atom. The minimum atomic E-state index is -0.507. The van der Waals surface area contributed by atoms with Gasteiger partial charge in [0.25, 0.3) is 0 Å². The fraction of sp³-hybridized carbons (Fsp3) is 0.357. The largest absolute Gasteiger partial charge is 0.388 e. The van der Waals surface area contributed by atoms with E-state index in [0.717, 1.165) is 27.7 Å². The zero-order chi connectivity index (χ0) is 13.1. The first kappa shape index (κ1) is 13.3. The fourth-order valence-corrected chi connectivity index (χ4v) is 2.53. The molecule has 96 valence electrons. The van der Waals surface area contributed by atoms with Crippen LogP contribution in [0.5, 0.6) is 0 Å². The highest BCUT2D eigenvalue weighted by molar-refractivity contribution is 9.10. The monoisotopic (exact) mass is 308 g/mol. The van der Waals surface area contributed by atoms with Gasteiger partial charge in [-0.2, -0.15) is 5.10 Å². The van der Waals surface area contributed by atoms with Crippen molar-refractivity contribution in [2.45, 2.75) is 25.9 Å². The van der Waals surface area contributed by atoms with Gasteiger partial charge < -0.3 is 5.11 Å². The Morgan fingerprint density at radius 3 is 2.78 bits per heavy atom. The fourth-order valence-electron chi connectivity index (χ4n) is 2.09. The lowest BCUT2D eigenvalue weighted by atomic mass is 10.0. The number of aromatic nitrogens is 2. The predicted molar refractivity (Wildman–Crippen MR) is 75.4 cm³/mol. The van der Waals surface area contributed by atoms with Crippen LogP contribution in [0.25, 0.3) is 0 Å². The van der Waals surface area contributed by atoms with Gasteiger partial charge in [-0.25, -0.2) is 0 Å². The molecule has 2 rings (SSSR count). The molecule has 2 aromatic rings. The van der Waals surface area contributed by atoms with E-state index in [4.69, 9.17) is 0 Å². The average molecular weight is 309 g/mol. The molecule has 0 spiro atoms. The quantitative estimate of drug-likeness (QED) is 0.943. The van der Waals surface area contributed by atoms with E-state index in [1.165, 1.54) is 0 Å². The van der Waals surface area contributed by atoms with Gasteiger partial charge in [-0.05, 0) is 18.1 Å². The number of rotatable bonds is 4. The summed E-state index contributed by atoms with van der Waals surface area (Å²) in [6.45, 7) is 2.05. The SMILES string of the molecule is CCc1nn(C)cc1C(O)Cc1ccccc1Br. The lowest BCUT2D eigenvalue weighted by Crippen LogP contribution is -2.04. The zero-order valence-corrected chi connectivity index (χ0v) is 12.2. The molecule has 18 heavy (non-hydrogen) atoms. The second-order valence-corrected chi connectivity index (χ2v) is 5.22. The zero-order valence-electron chi connectivity index (χ0n) is 10.6. The summed E-state index contributed by atoms with van der Waals surface area (Å²) >= 11 is 3.51. The number of hydrogen-bond acceptors (Lipinski definition) is 2. The Labute approximate surface area is 116 Å². The number of aliphatic hydroxyl groups is 1. The van der Waals surface area contributed by atoms with Crippen LogP contribution in [0.15, 0.2) is 34.9 Å². The molecule has 1 unspecified atom stereocenters. The molecule has 0 aliphatic carbocycles. The van der Waals surface area contributed by atoms with Crippen LogP contribution in [0, 0.1) is 0 Å². The van der Waals surface area contributed by atoms with Crippen LogP contribution in [0.2, 0.25) is 0 Å². The highest BCUT2D eigenvalue weighted by Crippen LogP contribution is 2.25. The van der Waals surface area contributed by atoms with E-state index in [1.54, 1.807) is 4.68 Å². The third-order valence-electron chi connectivity index (χ3n) is 3.00. The molecule has 0 aliphatic rings. The van der Waals surface area contributed by atoms with E-state index >= 15 is 0 Å². The molecule has 0 saturated carbocycles. The minimum Gasteiger partial charge on any atom is -0.388 e. The molecule has 4 heteroatoms. The van der Waals surface area contributed by atoms with Crippen molar-refractivity contribution in [1.29, 1.82) is 0 Å². The van der Waals surface area contributed by atoms with Crippen molar-refractivity contribution in [2.24, 2.45) is 7.05 Å². The van der Waals surface area contributed by atoms with E-state index in [1.807, 2.05) is 37.5 Å². The maximum atomic E-state index is 10.3. The molecule has 0 radical (unpaired) electrons. The second kappa shape index (κ2) is 5.67. The highest BCUT2D eigenvalue weighted by atomic mass is 79.9. The van der Waals surface area contributed by atoms with E-state index in [0.29, 0.717) is 6.42 Å². The van der Waals surface area contributed by atoms with Crippen LogP contribution < -0.4 is 0 Å². The Kier molecular flexibility index (Phi) is 4.19. The summed E-state index contributed by atoms with van der Waals surface area (Å²) in [5.74, 6) is 0. The van der Waals surface area contributed by atoms with Crippen molar-refractivity contribution in [2.75, 3.05) is 0 Å². The summed E-state index contributed by atoms with van der Waals surface area (Å²) in [5.41, 5.74) is 3.00. The van der Waals surface area contributed by atoms with Crippen molar-refractivity contribution in [3.8, 4) is 0 Å². The van der Waals surface area contributed by atoms with Crippen molar-refractivity contribution >= 4 is 15.9 Å². The predicted octanol–water partition coefficient (Wildman–Crippen LogP) is 3.02. The van der Waals surface area contributed by atoms with Crippen molar-refractivity contribution in [3.63, 3.8) is 0 Å². The molecule has 0 fully saturated rings. The average Bonchev–Trinajstić information content (AvgIpc) is 2.73. The van der Waals surface area contributed by atoms with E-state index < -0.39 is 6.10 Å². The van der Waals surface area contributed by atoms with Crippen LogP contribution in [-0.4, -0.2) is 14.9 Å². The van der Waals surface area contributed by atoms with Crippen molar-refractivity contribution in [1.82, 2.24) is 9.78 Å². The van der Waals surface area contributed by atoms with Gasteiger partial charge in [0.1, 0.15) is 0 Å². The number of nitrogens with zero attached hydrogens (tertiary/aromatic N) is 2. The van der Waals surface area contributed by atoms with Crippen LogP contribution in [0.3, 0.4) is 0 Å². The van der Waals surface area contributed by atoms with Gasteiger partial charge in [0.05, 0.1) is 11.8 Å². The molecule has 1 atom stereocenters. The van der Waals surface area contributed by atoms with Gasteiger partial charge in [-0.1, -0.05) is 41.1 Å². The van der Waals surface area contributed by atoms with Crippen LogP contribution in [0.4, 0.5) is 0 Å². The molecule has 0 saturated heterocycles. The van der Waals surface area contributed by atoms with Crippen molar-refractivity contribution in [3.05, 3.63) is 51.8 Å². The Morgan fingerprint density at radius 2 is 2.11 bits per heavy atom. The highest BCUT2D eigenvalue weighted by Gasteiger charge is 2.16. The summed E-state index contributed by atoms with van der Waals surface area (Å²) in [6, 6.07) is 7.97. The molecule has 0 amide bonds. The van der Waals surface area contributed by atoms with Gasteiger partial charge in [0.15, 0.2) is 0 Å². The summed E-state index contributed by atoms with van der Waals surface area (Å²) in [6.07, 6.45) is 2.83. The maximum Gasteiger partial charge on any atom is 0.0863 e. The van der Waals surface area contributed by atoms with Gasteiger partial charge in [0, 0.05) is 29.7 Å². The van der Waals surface area contributed by atoms with Gasteiger partial charge >= 0.3 is 0 Å². The van der Waals surface area contributed by atoms with Crippen LogP contribution >= 0.6 is 15.9 Å².